The molecular formula is C19H20N2O3. The van der Waals surface area contributed by atoms with Gasteiger partial charge >= 0.3 is 0 Å². The number of carbonyl (C=O) groups is 2. The standard InChI is InChI=1S/C19H20N2O3/c1-12-5-3-6-14(11-12)9-10-20-19(23)15-7-4-8-16-17(15)24-13(2)18(22)21-16/h3-8,11,13H,9-10H2,1-2H3,(H,20,23)(H,21,22)/t13-/m1/s1. The lowest BCUT2D eigenvalue weighted by molar-refractivity contribution is -0.122. The van der Waals surface area contributed by atoms with Crippen molar-refractivity contribution in [3.8, 4) is 5.75 Å². The molecule has 0 aliphatic carbocycles. The van der Waals surface area contributed by atoms with E-state index < -0.39 is 6.10 Å². The highest BCUT2D eigenvalue weighted by Crippen LogP contribution is 2.33. The van der Waals surface area contributed by atoms with Gasteiger partial charge in [0, 0.05) is 6.54 Å². The summed E-state index contributed by atoms with van der Waals surface area (Å²) in [5.74, 6) is 0.0139. The Bertz CT molecular complexity index is 786. The van der Waals surface area contributed by atoms with Gasteiger partial charge in [-0.1, -0.05) is 35.9 Å². The normalized spacial score (nSPS) is 15.9. The van der Waals surface area contributed by atoms with Gasteiger partial charge in [0.25, 0.3) is 11.8 Å². The van der Waals surface area contributed by atoms with Gasteiger partial charge < -0.3 is 15.4 Å². The fourth-order valence-corrected chi connectivity index (χ4v) is 2.69. The van der Waals surface area contributed by atoms with E-state index >= 15 is 0 Å². The second-order valence-corrected chi connectivity index (χ2v) is 5.93. The van der Waals surface area contributed by atoms with Gasteiger partial charge in [-0.05, 0) is 38.0 Å². The minimum absolute atomic E-state index is 0.206. The molecule has 2 N–H and O–H groups in total. The summed E-state index contributed by atoms with van der Waals surface area (Å²) in [5, 5.41) is 5.66. The first kappa shape index (κ1) is 16.1. The molecule has 1 heterocycles. The Morgan fingerprint density at radius 3 is 2.83 bits per heavy atom. The van der Waals surface area contributed by atoms with Gasteiger partial charge in [-0.15, -0.1) is 0 Å². The summed E-state index contributed by atoms with van der Waals surface area (Å²) in [6, 6.07) is 13.4. The molecular weight excluding hydrogens is 304 g/mol. The number of benzene rings is 2. The molecule has 0 bridgehead atoms. The third-order valence-electron chi connectivity index (χ3n) is 3.96. The number of nitrogens with one attached hydrogen (secondary N) is 2. The second kappa shape index (κ2) is 6.74. The SMILES string of the molecule is Cc1cccc(CCNC(=O)c2cccc3c2O[C@H](C)C(=O)N3)c1. The number of para-hydroxylation sites is 1. The number of anilines is 1. The summed E-state index contributed by atoms with van der Waals surface area (Å²) in [7, 11) is 0. The lowest BCUT2D eigenvalue weighted by Gasteiger charge is -2.25. The van der Waals surface area contributed by atoms with E-state index in [1.54, 1.807) is 25.1 Å². The van der Waals surface area contributed by atoms with Crippen molar-refractivity contribution in [2.45, 2.75) is 26.4 Å². The highest BCUT2D eigenvalue weighted by Gasteiger charge is 2.27. The fraction of sp³-hybridized carbons (Fsp3) is 0.263. The number of fused-ring (bicyclic) bond motifs is 1. The molecule has 0 spiro atoms. The number of hydrogen-bond acceptors (Lipinski definition) is 3. The molecule has 5 heteroatoms. The monoisotopic (exact) mass is 324 g/mol. The van der Waals surface area contributed by atoms with Gasteiger partial charge in [0.2, 0.25) is 0 Å². The molecule has 0 fully saturated rings. The van der Waals surface area contributed by atoms with Crippen molar-refractivity contribution in [1.29, 1.82) is 0 Å². The molecule has 124 valence electrons. The number of amides is 2. The van der Waals surface area contributed by atoms with E-state index in [-0.39, 0.29) is 11.8 Å². The van der Waals surface area contributed by atoms with Crippen LogP contribution in [0.5, 0.6) is 5.75 Å². The minimum atomic E-state index is -0.612. The zero-order valence-electron chi connectivity index (χ0n) is 13.8. The Morgan fingerprint density at radius 1 is 1.25 bits per heavy atom. The topological polar surface area (TPSA) is 67.4 Å². The lowest BCUT2D eigenvalue weighted by Crippen LogP contribution is -2.36. The Morgan fingerprint density at radius 2 is 2.04 bits per heavy atom. The molecule has 2 aromatic rings. The van der Waals surface area contributed by atoms with E-state index in [0.29, 0.717) is 23.5 Å². The summed E-state index contributed by atoms with van der Waals surface area (Å²) >= 11 is 0. The van der Waals surface area contributed by atoms with E-state index in [1.807, 2.05) is 25.1 Å². The Labute approximate surface area is 141 Å². The summed E-state index contributed by atoms with van der Waals surface area (Å²) in [6.45, 7) is 4.24. The zero-order chi connectivity index (χ0) is 17.1. The molecule has 1 aliphatic rings. The highest BCUT2D eigenvalue weighted by molar-refractivity contribution is 6.03. The average Bonchev–Trinajstić information content (AvgIpc) is 2.55. The maximum Gasteiger partial charge on any atom is 0.265 e. The van der Waals surface area contributed by atoms with Gasteiger partial charge in [0.1, 0.15) is 0 Å². The third-order valence-corrected chi connectivity index (χ3v) is 3.96. The molecule has 0 aromatic heterocycles. The molecule has 1 atom stereocenters. The smallest absolute Gasteiger partial charge is 0.265 e. The maximum absolute atomic E-state index is 12.5. The van der Waals surface area contributed by atoms with Crippen LogP contribution in [0, 0.1) is 6.92 Å². The lowest BCUT2D eigenvalue weighted by atomic mass is 10.1. The molecule has 0 saturated carbocycles. The Hall–Kier alpha value is -2.82. The fourth-order valence-electron chi connectivity index (χ4n) is 2.69. The van der Waals surface area contributed by atoms with E-state index in [9.17, 15) is 9.59 Å². The van der Waals surface area contributed by atoms with Crippen LogP contribution in [0.1, 0.15) is 28.4 Å². The summed E-state index contributed by atoms with van der Waals surface area (Å²) in [5.41, 5.74) is 3.35. The van der Waals surface area contributed by atoms with Crippen molar-refractivity contribution >= 4 is 17.5 Å². The maximum atomic E-state index is 12.5. The molecule has 0 radical (unpaired) electrons. The summed E-state index contributed by atoms with van der Waals surface area (Å²) in [6.07, 6.45) is 0.148. The van der Waals surface area contributed by atoms with Gasteiger partial charge in [-0.2, -0.15) is 0 Å². The van der Waals surface area contributed by atoms with Crippen LogP contribution in [0.4, 0.5) is 5.69 Å². The first-order valence-electron chi connectivity index (χ1n) is 7.99. The van der Waals surface area contributed by atoms with Crippen LogP contribution in [0.2, 0.25) is 0 Å². The third kappa shape index (κ3) is 3.40. The minimum Gasteiger partial charge on any atom is -0.478 e. The zero-order valence-corrected chi connectivity index (χ0v) is 13.8. The van der Waals surface area contributed by atoms with Crippen molar-refractivity contribution in [1.82, 2.24) is 5.32 Å². The number of carbonyl (C=O) groups excluding carboxylic acids is 2. The molecule has 2 aromatic carbocycles. The first-order chi connectivity index (χ1) is 11.5. The van der Waals surface area contributed by atoms with Crippen LogP contribution in [0.3, 0.4) is 0 Å². The van der Waals surface area contributed by atoms with E-state index in [0.717, 1.165) is 6.42 Å². The quantitative estimate of drug-likeness (QED) is 0.908. The largest absolute Gasteiger partial charge is 0.478 e. The van der Waals surface area contributed by atoms with Crippen molar-refractivity contribution in [3.05, 3.63) is 59.2 Å². The van der Waals surface area contributed by atoms with Gasteiger partial charge in [-0.3, -0.25) is 9.59 Å². The van der Waals surface area contributed by atoms with E-state index in [2.05, 4.69) is 16.7 Å². The molecule has 2 amide bonds. The van der Waals surface area contributed by atoms with Gasteiger partial charge in [-0.25, -0.2) is 0 Å². The van der Waals surface area contributed by atoms with Crippen LogP contribution in [0.25, 0.3) is 0 Å². The van der Waals surface area contributed by atoms with E-state index in [4.69, 9.17) is 4.74 Å². The molecule has 1 aliphatic heterocycles. The van der Waals surface area contributed by atoms with Crippen LogP contribution < -0.4 is 15.4 Å². The van der Waals surface area contributed by atoms with Crippen molar-refractivity contribution in [3.63, 3.8) is 0 Å². The highest BCUT2D eigenvalue weighted by atomic mass is 16.5. The van der Waals surface area contributed by atoms with Crippen LogP contribution in [-0.4, -0.2) is 24.5 Å². The number of ether oxygens (including phenoxy) is 1. The number of aryl methyl sites for hydroxylation is 1. The first-order valence-corrected chi connectivity index (χ1v) is 7.99. The molecule has 3 rings (SSSR count). The van der Waals surface area contributed by atoms with Crippen LogP contribution in [0.15, 0.2) is 42.5 Å². The number of hydrogen-bond donors (Lipinski definition) is 2. The molecule has 5 nitrogen and oxygen atoms in total. The predicted molar refractivity (Wildman–Crippen MR) is 92.4 cm³/mol. The van der Waals surface area contributed by atoms with Crippen molar-refractivity contribution in [2.24, 2.45) is 0 Å². The Kier molecular flexibility index (Phi) is 4.51. The van der Waals surface area contributed by atoms with Crippen molar-refractivity contribution < 1.29 is 14.3 Å². The molecule has 0 saturated heterocycles. The van der Waals surface area contributed by atoms with Crippen LogP contribution >= 0.6 is 0 Å². The predicted octanol–water partition coefficient (Wildman–Crippen LogP) is 2.69. The Balaban J connectivity index is 1.68. The molecule has 0 unspecified atom stereocenters. The summed E-state index contributed by atoms with van der Waals surface area (Å²) in [4.78, 5) is 24.1. The van der Waals surface area contributed by atoms with Crippen molar-refractivity contribution in [2.75, 3.05) is 11.9 Å². The van der Waals surface area contributed by atoms with Gasteiger partial charge in [0.15, 0.2) is 11.9 Å². The average molecular weight is 324 g/mol. The second-order valence-electron chi connectivity index (χ2n) is 5.93. The molecule has 24 heavy (non-hydrogen) atoms. The van der Waals surface area contributed by atoms with E-state index in [1.165, 1.54) is 11.1 Å². The van der Waals surface area contributed by atoms with Gasteiger partial charge in [0.05, 0.1) is 11.3 Å². The summed E-state index contributed by atoms with van der Waals surface area (Å²) < 4.78 is 5.60. The van der Waals surface area contributed by atoms with Crippen LogP contribution in [-0.2, 0) is 11.2 Å². The number of rotatable bonds is 4.